The lowest BCUT2D eigenvalue weighted by Gasteiger charge is -1.95. The van der Waals surface area contributed by atoms with E-state index in [9.17, 15) is 0 Å². The number of azide groups is 1. The molecule has 0 amide bonds. The van der Waals surface area contributed by atoms with E-state index in [2.05, 4.69) is 15.0 Å². The van der Waals surface area contributed by atoms with Gasteiger partial charge in [-0.1, -0.05) is 16.7 Å². The molecule has 1 heterocycles. The highest BCUT2D eigenvalue weighted by Gasteiger charge is 2.05. The molecule has 0 unspecified atom stereocenters. The van der Waals surface area contributed by atoms with E-state index in [1.807, 2.05) is 12.1 Å². The van der Waals surface area contributed by atoms with E-state index >= 15 is 0 Å². The van der Waals surface area contributed by atoms with Crippen LogP contribution in [0.5, 0.6) is 0 Å². The number of aromatic nitrogens is 1. The van der Waals surface area contributed by atoms with Gasteiger partial charge in [-0.3, -0.25) is 0 Å². The molecule has 5 nitrogen and oxygen atoms in total. The summed E-state index contributed by atoms with van der Waals surface area (Å²) >= 11 is 5.77. The fourth-order valence-corrected chi connectivity index (χ4v) is 1.35. The van der Waals surface area contributed by atoms with Crippen molar-refractivity contribution in [2.75, 3.05) is 0 Å². The monoisotopic (exact) mass is 234 g/mol. The van der Waals surface area contributed by atoms with Gasteiger partial charge in [-0.2, -0.15) is 0 Å². The second-order valence-electron chi connectivity index (χ2n) is 3.01. The maximum atomic E-state index is 8.16. The van der Waals surface area contributed by atoms with E-state index in [1.54, 1.807) is 18.3 Å². The largest absolute Gasteiger partial charge is 0.441 e. The molecule has 16 heavy (non-hydrogen) atoms. The van der Waals surface area contributed by atoms with Crippen molar-refractivity contribution in [2.45, 2.75) is 6.54 Å². The van der Waals surface area contributed by atoms with Crippen LogP contribution in [0, 0.1) is 0 Å². The van der Waals surface area contributed by atoms with Crippen LogP contribution in [0.1, 0.15) is 5.89 Å². The molecule has 1 aromatic carbocycles. The number of halogens is 1. The standard InChI is InChI=1S/C10H7ClN4O/c11-8-3-1-7(2-4-8)9-5-13-10(16-9)6-14-15-12/h1-5H,6H2. The third-order valence-corrected chi connectivity index (χ3v) is 2.20. The summed E-state index contributed by atoms with van der Waals surface area (Å²) in [7, 11) is 0. The molecular weight excluding hydrogens is 228 g/mol. The second kappa shape index (κ2) is 4.70. The zero-order chi connectivity index (χ0) is 11.4. The summed E-state index contributed by atoms with van der Waals surface area (Å²) in [5.41, 5.74) is 9.03. The summed E-state index contributed by atoms with van der Waals surface area (Å²) in [6, 6.07) is 7.21. The van der Waals surface area contributed by atoms with Crippen molar-refractivity contribution in [1.29, 1.82) is 0 Å². The van der Waals surface area contributed by atoms with Gasteiger partial charge in [0.2, 0.25) is 5.89 Å². The van der Waals surface area contributed by atoms with Crippen LogP contribution < -0.4 is 0 Å². The van der Waals surface area contributed by atoms with Gasteiger partial charge in [-0.15, -0.1) is 0 Å². The van der Waals surface area contributed by atoms with Gasteiger partial charge in [0, 0.05) is 15.5 Å². The highest BCUT2D eigenvalue weighted by molar-refractivity contribution is 6.30. The number of nitrogens with zero attached hydrogens (tertiary/aromatic N) is 4. The number of hydrogen-bond acceptors (Lipinski definition) is 3. The Morgan fingerprint density at radius 3 is 2.81 bits per heavy atom. The Balaban J connectivity index is 2.24. The summed E-state index contributed by atoms with van der Waals surface area (Å²) in [5, 5.41) is 4.03. The third-order valence-electron chi connectivity index (χ3n) is 1.95. The Bertz CT molecular complexity index is 528. The summed E-state index contributed by atoms with van der Waals surface area (Å²) < 4.78 is 5.39. The average molecular weight is 235 g/mol. The highest BCUT2D eigenvalue weighted by Crippen LogP contribution is 2.22. The maximum absolute atomic E-state index is 8.16. The van der Waals surface area contributed by atoms with Crippen LogP contribution in [-0.2, 0) is 6.54 Å². The SMILES string of the molecule is [N-]=[N+]=NCc1ncc(-c2ccc(Cl)cc2)o1. The van der Waals surface area contributed by atoms with Gasteiger partial charge in [0.1, 0.15) is 6.54 Å². The minimum absolute atomic E-state index is 0.115. The van der Waals surface area contributed by atoms with Gasteiger partial charge in [0.05, 0.1) is 6.20 Å². The highest BCUT2D eigenvalue weighted by atomic mass is 35.5. The molecule has 0 radical (unpaired) electrons. The molecular formula is C10H7ClN4O. The van der Waals surface area contributed by atoms with E-state index in [0.717, 1.165) is 5.56 Å². The van der Waals surface area contributed by atoms with Crippen LogP contribution in [0.25, 0.3) is 21.8 Å². The number of rotatable bonds is 3. The Morgan fingerprint density at radius 1 is 1.38 bits per heavy atom. The van der Waals surface area contributed by atoms with Crippen molar-refractivity contribution >= 4 is 11.6 Å². The van der Waals surface area contributed by atoms with Gasteiger partial charge >= 0.3 is 0 Å². The normalized spacial score (nSPS) is 9.81. The fraction of sp³-hybridized carbons (Fsp3) is 0.100. The Morgan fingerprint density at radius 2 is 2.12 bits per heavy atom. The lowest BCUT2D eigenvalue weighted by molar-refractivity contribution is 0.509. The molecule has 0 saturated heterocycles. The lowest BCUT2D eigenvalue weighted by Crippen LogP contribution is -1.76. The third kappa shape index (κ3) is 2.34. The molecule has 0 bridgehead atoms. The number of benzene rings is 1. The summed E-state index contributed by atoms with van der Waals surface area (Å²) in [5.74, 6) is 1.02. The Kier molecular flexibility index (Phi) is 3.10. The Hall–Kier alpha value is -1.97. The molecule has 0 aliphatic heterocycles. The average Bonchev–Trinajstić information content (AvgIpc) is 2.76. The van der Waals surface area contributed by atoms with Crippen LogP contribution in [0.4, 0.5) is 0 Å². The molecule has 2 aromatic rings. The fourth-order valence-electron chi connectivity index (χ4n) is 1.22. The summed E-state index contributed by atoms with van der Waals surface area (Å²) in [6.07, 6.45) is 1.59. The second-order valence-corrected chi connectivity index (χ2v) is 3.45. The van der Waals surface area contributed by atoms with Crippen molar-refractivity contribution in [3.05, 3.63) is 51.8 Å². The molecule has 0 aliphatic rings. The quantitative estimate of drug-likeness (QED) is 0.460. The molecule has 0 saturated carbocycles. The van der Waals surface area contributed by atoms with Crippen LogP contribution in [0.3, 0.4) is 0 Å². The molecule has 0 fully saturated rings. The van der Waals surface area contributed by atoms with Crippen LogP contribution in [0.2, 0.25) is 5.02 Å². The van der Waals surface area contributed by atoms with Gasteiger partial charge in [-0.25, -0.2) is 4.98 Å². The van der Waals surface area contributed by atoms with E-state index in [0.29, 0.717) is 16.7 Å². The van der Waals surface area contributed by atoms with Crippen molar-refractivity contribution < 1.29 is 4.42 Å². The van der Waals surface area contributed by atoms with Crippen molar-refractivity contribution in [1.82, 2.24) is 4.98 Å². The molecule has 0 spiro atoms. The predicted octanol–water partition coefficient (Wildman–Crippen LogP) is 3.81. The topological polar surface area (TPSA) is 74.8 Å². The molecule has 2 rings (SSSR count). The molecule has 80 valence electrons. The van der Waals surface area contributed by atoms with Crippen molar-refractivity contribution in [3.8, 4) is 11.3 Å². The van der Waals surface area contributed by atoms with Gasteiger partial charge in [-0.05, 0) is 29.8 Å². The minimum Gasteiger partial charge on any atom is -0.441 e. The van der Waals surface area contributed by atoms with Gasteiger partial charge in [0.15, 0.2) is 5.76 Å². The molecule has 0 N–H and O–H groups in total. The predicted molar refractivity (Wildman–Crippen MR) is 59.8 cm³/mol. The van der Waals surface area contributed by atoms with E-state index in [4.69, 9.17) is 21.5 Å². The zero-order valence-electron chi connectivity index (χ0n) is 8.17. The molecule has 1 aromatic heterocycles. The smallest absolute Gasteiger partial charge is 0.200 e. The first-order valence-electron chi connectivity index (χ1n) is 4.51. The zero-order valence-corrected chi connectivity index (χ0v) is 8.92. The van der Waals surface area contributed by atoms with E-state index in [1.165, 1.54) is 0 Å². The van der Waals surface area contributed by atoms with Crippen molar-refractivity contribution in [3.63, 3.8) is 0 Å². The molecule has 6 heteroatoms. The van der Waals surface area contributed by atoms with Crippen LogP contribution in [0.15, 0.2) is 40.0 Å². The van der Waals surface area contributed by atoms with E-state index < -0.39 is 0 Å². The molecule has 0 atom stereocenters. The number of oxazole rings is 1. The van der Waals surface area contributed by atoms with Crippen LogP contribution in [-0.4, -0.2) is 4.98 Å². The summed E-state index contributed by atoms with van der Waals surface area (Å²) in [6.45, 7) is 0.115. The lowest BCUT2D eigenvalue weighted by atomic mass is 10.2. The van der Waals surface area contributed by atoms with Crippen molar-refractivity contribution in [2.24, 2.45) is 5.11 Å². The first-order chi connectivity index (χ1) is 7.79. The van der Waals surface area contributed by atoms with Gasteiger partial charge < -0.3 is 4.42 Å². The van der Waals surface area contributed by atoms with Gasteiger partial charge in [0.25, 0.3) is 0 Å². The van der Waals surface area contributed by atoms with E-state index in [-0.39, 0.29) is 6.54 Å². The minimum atomic E-state index is 0.115. The first-order valence-corrected chi connectivity index (χ1v) is 4.89. The first kappa shape index (κ1) is 10.5. The molecule has 0 aliphatic carbocycles. The summed E-state index contributed by atoms with van der Waals surface area (Å²) in [4.78, 5) is 6.62. The Labute approximate surface area is 96.3 Å². The van der Waals surface area contributed by atoms with Crippen LogP contribution >= 0.6 is 11.6 Å². The maximum Gasteiger partial charge on any atom is 0.200 e. The number of hydrogen-bond donors (Lipinski definition) is 0.